The average molecular weight is 385 g/mol. The Morgan fingerprint density at radius 3 is 2.43 bits per heavy atom. The SMILES string of the molecule is Cc1ccccc1-n1nc(C(C)(C)C)cc1NC(=O)CN(C)C(=O)CC(C)C. The first-order chi connectivity index (χ1) is 13.0. The van der Waals surface area contributed by atoms with Crippen LogP contribution in [0.3, 0.4) is 0 Å². The van der Waals surface area contributed by atoms with Crippen LogP contribution in [0.2, 0.25) is 0 Å². The number of anilines is 1. The van der Waals surface area contributed by atoms with E-state index in [4.69, 9.17) is 5.10 Å². The third-order valence-corrected chi connectivity index (χ3v) is 4.48. The van der Waals surface area contributed by atoms with E-state index in [-0.39, 0.29) is 29.7 Å². The van der Waals surface area contributed by atoms with Crippen molar-refractivity contribution in [1.29, 1.82) is 0 Å². The van der Waals surface area contributed by atoms with E-state index in [1.807, 2.05) is 51.1 Å². The van der Waals surface area contributed by atoms with Crippen LogP contribution in [0.5, 0.6) is 0 Å². The van der Waals surface area contributed by atoms with Gasteiger partial charge in [-0.1, -0.05) is 52.8 Å². The maximum atomic E-state index is 12.6. The first kappa shape index (κ1) is 21.7. The van der Waals surface area contributed by atoms with E-state index in [9.17, 15) is 9.59 Å². The Hall–Kier alpha value is -2.63. The highest BCUT2D eigenvalue weighted by atomic mass is 16.2. The number of hydrogen-bond donors (Lipinski definition) is 1. The van der Waals surface area contributed by atoms with Gasteiger partial charge in [-0.3, -0.25) is 9.59 Å². The summed E-state index contributed by atoms with van der Waals surface area (Å²) >= 11 is 0. The molecule has 0 fully saturated rings. The van der Waals surface area contributed by atoms with E-state index in [2.05, 4.69) is 26.1 Å². The highest BCUT2D eigenvalue weighted by Crippen LogP contribution is 2.27. The molecule has 2 aromatic rings. The topological polar surface area (TPSA) is 67.2 Å². The quantitative estimate of drug-likeness (QED) is 0.821. The molecule has 152 valence electrons. The molecule has 1 heterocycles. The van der Waals surface area contributed by atoms with Gasteiger partial charge in [-0.05, 0) is 24.5 Å². The summed E-state index contributed by atoms with van der Waals surface area (Å²) in [6, 6.07) is 9.81. The second-order valence-electron chi connectivity index (χ2n) is 8.76. The molecule has 0 bridgehead atoms. The Balaban J connectivity index is 2.27. The number of rotatable bonds is 6. The van der Waals surface area contributed by atoms with Crippen LogP contribution in [0.15, 0.2) is 30.3 Å². The number of aromatic nitrogens is 2. The molecule has 0 saturated heterocycles. The molecule has 0 unspecified atom stereocenters. The van der Waals surface area contributed by atoms with Crippen LogP contribution in [0.25, 0.3) is 5.69 Å². The number of benzene rings is 1. The van der Waals surface area contributed by atoms with E-state index in [1.54, 1.807) is 11.7 Å². The first-order valence-electron chi connectivity index (χ1n) is 9.69. The molecule has 6 heteroatoms. The highest BCUT2D eigenvalue weighted by Gasteiger charge is 2.22. The summed E-state index contributed by atoms with van der Waals surface area (Å²) in [7, 11) is 1.66. The normalized spacial score (nSPS) is 11.6. The molecule has 0 saturated carbocycles. The standard InChI is InChI=1S/C22H32N4O2/c1-15(2)12-21(28)25(7)14-20(27)23-19-13-18(22(4,5)6)24-26(19)17-11-9-8-10-16(17)3/h8-11,13,15H,12,14H2,1-7H3,(H,23,27). The monoisotopic (exact) mass is 384 g/mol. The van der Waals surface area contributed by atoms with Gasteiger partial charge < -0.3 is 10.2 Å². The van der Waals surface area contributed by atoms with Gasteiger partial charge in [0.15, 0.2) is 0 Å². The number of hydrogen-bond acceptors (Lipinski definition) is 3. The van der Waals surface area contributed by atoms with Gasteiger partial charge >= 0.3 is 0 Å². The zero-order chi connectivity index (χ0) is 21.1. The Morgan fingerprint density at radius 1 is 1.21 bits per heavy atom. The average Bonchev–Trinajstić information content (AvgIpc) is 2.98. The molecule has 28 heavy (non-hydrogen) atoms. The fourth-order valence-corrected chi connectivity index (χ4v) is 2.81. The smallest absolute Gasteiger partial charge is 0.245 e. The number of amides is 2. The van der Waals surface area contributed by atoms with Gasteiger partial charge in [-0.15, -0.1) is 0 Å². The van der Waals surface area contributed by atoms with Crippen LogP contribution in [0.4, 0.5) is 5.82 Å². The van der Waals surface area contributed by atoms with Crippen molar-refractivity contribution in [3.05, 3.63) is 41.6 Å². The molecule has 2 amide bonds. The van der Waals surface area contributed by atoms with Crippen molar-refractivity contribution < 1.29 is 9.59 Å². The minimum atomic E-state index is -0.241. The van der Waals surface area contributed by atoms with Gasteiger partial charge in [0.25, 0.3) is 0 Å². The lowest BCUT2D eigenvalue weighted by molar-refractivity contribution is -0.133. The van der Waals surface area contributed by atoms with Crippen molar-refractivity contribution in [2.45, 2.75) is 53.4 Å². The molecule has 0 aliphatic heterocycles. The Labute approximate surface area is 167 Å². The van der Waals surface area contributed by atoms with Gasteiger partial charge in [0.2, 0.25) is 11.8 Å². The number of likely N-dealkylation sites (N-methyl/N-ethyl adjacent to an activating group) is 1. The molecule has 2 rings (SSSR count). The summed E-state index contributed by atoms with van der Waals surface area (Å²) in [5.41, 5.74) is 2.70. The fourth-order valence-electron chi connectivity index (χ4n) is 2.81. The van der Waals surface area contributed by atoms with Gasteiger partial charge in [0.05, 0.1) is 17.9 Å². The largest absolute Gasteiger partial charge is 0.336 e. The third-order valence-electron chi connectivity index (χ3n) is 4.48. The van der Waals surface area contributed by atoms with Gasteiger partial charge in [-0.25, -0.2) is 4.68 Å². The minimum absolute atomic E-state index is 0.00928. The molecule has 1 N–H and O–H groups in total. The van der Waals surface area contributed by atoms with E-state index < -0.39 is 0 Å². The zero-order valence-electron chi connectivity index (χ0n) is 18.0. The van der Waals surface area contributed by atoms with E-state index in [0.717, 1.165) is 16.9 Å². The second-order valence-corrected chi connectivity index (χ2v) is 8.76. The number of aryl methyl sites for hydroxylation is 1. The number of carbonyl (C=O) groups excluding carboxylic acids is 2. The Morgan fingerprint density at radius 2 is 1.86 bits per heavy atom. The van der Waals surface area contributed by atoms with Crippen molar-refractivity contribution in [3.63, 3.8) is 0 Å². The van der Waals surface area contributed by atoms with Crippen molar-refractivity contribution in [2.75, 3.05) is 18.9 Å². The predicted octanol–water partition coefficient (Wildman–Crippen LogP) is 3.92. The van der Waals surface area contributed by atoms with Crippen molar-refractivity contribution in [2.24, 2.45) is 5.92 Å². The van der Waals surface area contributed by atoms with E-state index >= 15 is 0 Å². The van der Waals surface area contributed by atoms with Crippen LogP contribution < -0.4 is 5.32 Å². The molecule has 0 aliphatic rings. The van der Waals surface area contributed by atoms with Gasteiger partial charge in [-0.2, -0.15) is 5.10 Å². The van der Waals surface area contributed by atoms with Crippen LogP contribution in [-0.2, 0) is 15.0 Å². The van der Waals surface area contributed by atoms with Crippen molar-refractivity contribution >= 4 is 17.6 Å². The maximum Gasteiger partial charge on any atom is 0.245 e. The number of para-hydroxylation sites is 1. The molecule has 0 atom stereocenters. The summed E-state index contributed by atoms with van der Waals surface area (Å²) in [5.74, 6) is 0.589. The predicted molar refractivity (Wildman–Crippen MR) is 113 cm³/mol. The molecular formula is C22H32N4O2. The lowest BCUT2D eigenvalue weighted by atomic mass is 9.92. The fraction of sp³-hybridized carbons (Fsp3) is 0.500. The van der Waals surface area contributed by atoms with E-state index in [1.165, 1.54) is 4.90 Å². The maximum absolute atomic E-state index is 12.6. The molecule has 0 spiro atoms. The van der Waals surface area contributed by atoms with Gasteiger partial charge in [0.1, 0.15) is 5.82 Å². The molecule has 6 nitrogen and oxygen atoms in total. The zero-order valence-corrected chi connectivity index (χ0v) is 18.0. The van der Waals surface area contributed by atoms with Crippen LogP contribution in [0, 0.1) is 12.8 Å². The van der Waals surface area contributed by atoms with Crippen molar-refractivity contribution in [3.8, 4) is 5.69 Å². The number of nitrogens with one attached hydrogen (secondary N) is 1. The molecule has 0 aliphatic carbocycles. The molecule has 0 radical (unpaired) electrons. The number of nitrogens with zero attached hydrogens (tertiary/aromatic N) is 3. The highest BCUT2D eigenvalue weighted by molar-refractivity contribution is 5.94. The van der Waals surface area contributed by atoms with Crippen LogP contribution >= 0.6 is 0 Å². The molecule has 1 aromatic heterocycles. The Bertz CT molecular complexity index is 846. The molecular weight excluding hydrogens is 352 g/mol. The minimum Gasteiger partial charge on any atom is -0.336 e. The third kappa shape index (κ3) is 5.44. The van der Waals surface area contributed by atoms with Gasteiger partial charge in [0, 0.05) is 24.9 Å². The summed E-state index contributed by atoms with van der Waals surface area (Å²) in [6.45, 7) is 12.2. The van der Waals surface area contributed by atoms with E-state index in [0.29, 0.717) is 12.2 Å². The van der Waals surface area contributed by atoms with Crippen LogP contribution in [-0.4, -0.2) is 40.1 Å². The lowest BCUT2D eigenvalue weighted by Gasteiger charge is -2.18. The second kappa shape index (κ2) is 8.59. The lowest BCUT2D eigenvalue weighted by Crippen LogP contribution is -2.35. The summed E-state index contributed by atoms with van der Waals surface area (Å²) in [6.07, 6.45) is 0.430. The summed E-state index contributed by atoms with van der Waals surface area (Å²) in [5, 5.41) is 7.68. The van der Waals surface area contributed by atoms with Crippen LogP contribution in [0.1, 0.15) is 52.3 Å². The number of carbonyl (C=O) groups is 2. The summed E-state index contributed by atoms with van der Waals surface area (Å²) < 4.78 is 1.77. The summed E-state index contributed by atoms with van der Waals surface area (Å²) in [4.78, 5) is 26.2. The Kier molecular flexibility index (Phi) is 6.65. The first-order valence-corrected chi connectivity index (χ1v) is 9.69. The molecule has 1 aromatic carbocycles. The van der Waals surface area contributed by atoms with Crippen molar-refractivity contribution in [1.82, 2.24) is 14.7 Å².